The van der Waals surface area contributed by atoms with E-state index in [2.05, 4.69) is 16.9 Å². The Hall–Kier alpha value is -1.10. The highest BCUT2D eigenvalue weighted by Gasteiger charge is 2.33. The summed E-state index contributed by atoms with van der Waals surface area (Å²) in [4.78, 5) is 18.6. The number of aromatic carboxylic acids is 1. The average molecular weight is 280 g/mol. The summed E-state index contributed by atoms with van der Waals surface area (Å²) < 4.78 is 0. The Balaban J connectivity index is 1.83. The van der Waals surface area contributed by atoms with Gasteiger partial charge in [0, 0.05) is 19.0 Å². The lowest BCUT2D eigenvalue weighted by Crippen LogP contribution is -2.33. The minimum absolute atomic E-state index is 0.399. The van der Waals surface area contributed by atoms with Crippen molar-refractivity contribution < 1.29 is 9.90 Å². The maximum Gasteiger partial charge on any atom is 0.347 e. The maximum atomic E-state index is 11.3. The zero-order valence-electron chi connectivity index (χ0n) is 11.3. The zero-order chi connectivity index (χ0) is 13.4. The molecule has 0 amide bonds. The predicted octanol–water partition coefficient (Wildman–Crippen LogP) is 3.49. The predicted molar refractivity (Wildman–Crippen MR) is 76.3 cm³/mol. The molecule has 5 heteroatoms. The molecule has 19 heavy (non-hydrogen) atoms. The monoisotopic (exact) mass is 280 g/mol. The standard InChI is InChI=1S/C14H20N2O2S/c1-16(10-5-3-2-4-6-10)14-15-11(9-7-8-9)12(19-14)13(17)18/h9-10H,2-8H2,1H3,(H,17,18). The van der Waals surface area contributed by atoms with Crippen molar-refractivity contribution in [3.8, 4) is 0 Å². The van der Waals surface area contributed by atoms with E-state index in [4.69, 9.17) is 0 Å². The van der Waals surface area contributed by atoms with Crippen LogP contribution in [0, 0.1) is 0 Å². The summed E-state index contributed by atoms with van der Waals surface area (Å²) in [6.07, 6.45) is 8.49. The number of hydrogen-bond donors (Lipinski definition) is 1. The van der Waals surface area contributed by atoms with Crippen molar-refractivity contribution >= 4 is 22.4 Å². The van der Waals surface area contributed by atoms with Crippen molar-refractivity contribution in [2.24, 2.45) is 0 Å². The van der Waals surface area contributed by atoms with Gasteiger partial charge in [0.15, 0.2) is 5.13 Å². The molecule has 0 spiro atoms. The first-order chi connectivity index (χ1) is 9.16. The number of carbonyl (C=O) groups is 1. The SMILES string of the molecule is CN(c1nc(C2CC2)c(C(=O)O)s1)C1CCCCC1. The Morgan fingerprint density at radius 1 is 1.26 bits per heavy atom. The number of carboxylic acid groups (broad SMARTS) is 1. The normalized spacial score (nSPS) is 20.5. The molecule has 3 rings (SSSR count). The molecule has 2 aliphatic carbocycles. The summed E-state index contributed by atoms with van der Waals surface area (Å²) in [7, 11) is 2.07. The molecule has 2 aliphatic rings. The molecule has 4 nitrogen and oxygen atoms in total. The summed E-state index contributed by atoms with van der Waals surface area (Å²) in [5.41, 5.74) is 0.829. The number of anilines is 1. The molecule has 0 saturated heterocycles. The van der Waals surface area contributed by atoms with Crippen LogP contribution in [0.2, 0.25) is 0 Å². The van der Waals surface area contributed by atoms with Crippen LogP contribution < -0.4 is 4.90 Å². The second kappa shape index (κ2) is 5.12. The summed E-state index contributed by atoms with van der Waals surface area (Å²) in [5.74, 6) is -0.418. The van der Waals surface area contributed by atoms with Gasteiger partial charge in [-0.3, -0.25) is 0 Å². The zero-order valence-corrected chi connectivity index (χ0v) is 12.1. The van der Waals surface area contributed by atoms with E-state index >= 15 is 0 Å². The number of carboxylic acids is 1. The molecule has 0 atom stereocenters. The van der Waals surface area contributed by atoms with Gasteiger partial charge >= 0.3 is 5.97 Å². The second-order valence-electron chi connectivity index (χ2n) is 5.69. The lowest BCUT2D eigenvalue weighted by atomic mass is 9.95. The van der Waals surface area contributed by atoms with Crippen molar-refractivity contribution in [2.75, 3.05) is 11.9 Å². The molecule has 104 valence electrons. The maximum absolute atomic E-state index is 11.3. The van der Waals surface area contributed by atoms with E-state index in [1.165, 1.54) is 43.4 Å². The Kier molecular flexibility index (Phi) is 3.48. The molecule has 0 unspecified atom stereocenters. The largest absolute Gasteiger partial charge is 0.477 e. The quantitative estimate of drug-likeness (QED) is 0.917. The molecule has 0 aromatic carbocycles. The molecule has 1 aromatic heterocycles. The number of hydrogen-bond acceptors (Lipinski definition) is 4. The summed E-state index contributed by atoms with van der Waals surface area (Å²) >= 11 is 1.35. The van der Waals surface area contributed by atoms with E-state index in [-0.39, 0.29) is 0 Å². The first kappa shape index (κ1) is 12.9. The average Bonchev–Trinajstić information content (AvgIpc) is 3.17. The van der Waals surface area contributed by atoms with Crippen LogP contribution in [0.25, 0.3) is 0 Å². The summed E-state index contributed by atoms with van der Waals surface area (Å²) in [5, 5.41) is 10.2. The molecular formula is C14H20N2O2S. The molecule has 0 aliphatic heterocycles. The van der Waals surface area contributed by atoms with E-state index in [1.54, 1.807) is 0 Å². The fraction of sp³-hybridized carbons (Fsp3) is 0.714. The topological polar surface area (TPSA) is 53.4 Å². The molecule has 1 heterocycles. The van der Waals surface area contributed by atoms with Crippen LogP contribution in [0.15, 0.2) is 0 Å². The van der Waals surface area contributed by atoms with Crippen molar-refractivity contribution in [1.29, 1.82) is 0 Å². The summed E-state index contributed by atoms with van der Waals surface area (Å²) in [6, 6.07) is 0.536. The van der Waals surface area contributed by atoms with E-state index < -0.39 is 5.97 Å². The van der Waals surface area contributed by atoms with E-state index in [9.17, 15) is 9.90 Å². The third kappa shape index (κ3) is 2.61. The number of thiazole rings is 1. The van der Waals surface area contributed by atoms with Gasteiger partial charge in [-0.15, -0.1) is 0 Å². The minimum Gasteiger partial charge on any atom is -0.477 e. The van der Waals surface area contributed by atoms with Gasteiger partial charge in [0.1, 0.15) is 4.88 Å². The van der Waals surface area contributed by atoms with Crippen LogP contribution >= 0.6 is 11.3 Å². The highest BCUT2D eigenvalue weighted by molar-refractivity contribution is 7.17. The van der Waals surface area contributed by atoms with Crippen LogP contribution in [0.5, 0.6) is 0 Å². The molecule has 1 aromatic rings. The molecular weight excluding hydrogens is 260 g/mol. The van der Waals surface area contributed by atoms with Crippen molar-refractivity contribution in [3.63, 3.8) is 0 Å². The third-order valence-corrected chi connectivity index (χ3v) is 5.37. The van der Waals surface area contributed by atoms with Crippen LogP contribution in [-0.4, -0.2) is 29.1 Å². The van der Waals surface area contributed by atoms with E-state index in [0.717, 1.165) is 23.7 Å². The van der Waals surface area contributed by atoms with Crippen molar-refractivity contribution in [2.45, 2.75) is 56.9 Å². The van der Waals surface area contributed by atoms with Crippen molar-refractivity contribution in [3.05, 3.63) is 10.6 Å². The van der Waals surface area contributed by atoms with E-state index in [0.29, 0.717) is 16.8 Å². The Morgan fingerprint density at radius 2 is 1.95 bits per heavy atom. The van der Waals surface area contributed by atoms with Crippen LogP contribution in [0.3, 0.4) is 0 Å². The molecule has 0 radical (unpaired) electrons. The molecule has 1 N–H and O–H groups in total. The van der Waals surface area contributed by atoms with Gasteiger partial charge < -0.3 is 10.0 Å². The van der Waals surface area contributed by atoms with Crippen LogP contribution in [0.1, 0.15) is 66.2 Å². The van der Waals surface area contributed by atoms with Gasteiger partial charge in [-0.25, -0.2) is 9.78 Å². The molecule has 2 saturated carbocycles. The van der Waals surface area contributed by atoms with Gasteiger partial charge in [0.05, 0.1) is 5.69 Å². The van der Waals surface area contributed by atoms with Crippen LogP contribution in [-0.2, 0) is 0 Å². The van der Waals surface area contributed by atoms with Gasteiger partial charge in [-0.2, -0.15) is 0 Å². The van der Waals surface area contributed by atoms with Gasteiger partial charge in [-0.05, 0) is 25.7 Å². The Labute approximate surface area is 117 Å². The Morgan fingerprint density at radius 3 is 2.53 bits per heavy atom. The first-order valence-electron chi connectivity index (χ1n) is 7.13. The highest BCUT2D eigenvalue weighted by atomic mass is 32.1. The number of rotatable bonds is 4. The fourth-order valence-electron chi connectivity index (χ4n) is 2.88. The van der Waals surface area contributed by atoms with Crippen LogP contribution in [0.4, 0.5) is 5.13 Å². The molecule has 0 bridgehead atoms. The lowest BCUT2D eigenvalue weighted by molar-refractivity contribution is 0.0700. The number of aromatic nitrogens is 1. The lowest BCUT2D eigenvalue weighted by Gasteiger charge is -2.30. The number of nitrogens with zero attached hydrogens (tertiary/aromatic N) is 2. The van der Waals surface area contributed by atoms with Gasteiger partial charge in [0.2, 0.25) is 0 Å². The highest BCUT2D eigenvalue weighted by Crippen LogP contribution is 2.44. The van der Waals surface area contributed by atoms with E-state index in [1.807, 2.05) is 0 Å². The van der Waals surface area contributed by atoms with Gasteiger partial charge in [-0.1, -0.05) is 30.6 Å². The fourth-order valence-corrected chi connectivity index (χ4v) is 3.91. The Bertz CT molecular complexity index is 476. The summed E-state index contributed by atoms with van der Waals surface area (Å²) in [6.45, 7) is 0. The third-order valence-electron chi connectivity index (χ3n) is 4.22. The first-order valence-corrected chi connectivity index (χ1v) is 7.95. The second-order valence-corrected chi connectivity index (χ2v) is 6.67. The smallest absolute Gasteiger partial charge is 0.347 e. The van der Waals surface area contributed by atoms with Gasteiger partial charge in [0.25, 0.3) is 0 Å². The molecule has 2 fully saturated rings. The van der Waals surface area contributed by atoms with Crippen molar-refractivity contribution in [1.82, 2.24) is 4.98 Å². The minimum atomic E-state index is -0.817.